The lowest BCUT2D eigenvalue weighted by Crippen LogP contribution is -1.74. The fraction of sp³-hybridized carbons (Fsp3) is 0. The second kappa shape index (κ2) is 3.48. The third kappa shape index (κ3) is 1.42. The van der Waals surface area contributed by atoms with E-state index in [-0.39, 0.29) is 0 Å². The molecule has 1 heterocycles. The van der Waals surface area contributed by atoms with Crippen molar-refractivity contribution in [1.82, 2.24) is 0 Å². The van der Waals surface area contributed by atoms with Crippen molar-refractivity contribution in [2.24, 2.45) is 0 Å². The van der Waals surface area contributed by atoms with E-state index < -0.39 is 0 Å². The van der Waals surface area contributed by atoms with Crippen molar-refractivity contribution in [3.8, 4) is 0 Å². The fourth-order valence-electron chi connectivity index (χ4n) is 1.02. The molecule has 1 aromatic carbocycles. The molecule has 0 aliphatic rings. The van der Waals surface area contributed by atoms with Gasteiger partial charge in [0, 0.05) is 28.4 Å². The number of fused-ring (bicyclic) bond motifs is 1. The van der Waals surface area contributed by atoms with Crippen molar-refractivity contribution in [2.45, 2.75) is 4.90 Å². The summed E-state index contributed by atoms with van der Waals surface area (Å²) in [6.45, 7) is 0. The molecule has 0 saturated carbocycles. The Bertz CT molecular complexity index is 436. The third-order valence-electron chi connectivity index (χ3n) is 1.61. The van der Waals surface area contributed by atoms with Crippen molar-refractivity contribution in [3.05, 3.63) is 25.6 Å². The maximum absolute atomic E-state index is 4.37. The molecule has 0 N–H and O–H groups in total. The molecule has 2 rings (SSSR count). The molecule has 0 amide bonds. The van der Waals surface area contributed by atoms with Gasteiger partial charge in [-0.05, 0) is 44.6 Å². The maximum Gasteiger partial charge on any atom is 0.0499 e. The van der Waals surface area contributed by atoms with E-state index in [9.17, 15) is 0 Å². The average Bonchev–Trinajstić information content (AvgIpc) is 2.41. The zero-order valence-corrected chi connectivity index (χ0v) is 11.3. The predicted octanol–water partition coefficient (Wildman–Crippen LogP) is 4.56. The molecule has 62 valence electrons. The number of rotatable bonds is 0. The van der Waals surface area contributed by atoms with Crippen molar-refractivity contribution >= 4 is 72.6 Å². The van der Waals surface area contributed by atoms with Crippen LogP contribution in [0.4, 0.5) is 0 Å². The number of halogens is 2. The highest BCUT2D eigenvalue weighted by Crippen LogP contribution is 2.35. The van der Waals surface area contributed by atoms with E-state index in [1.807, 2.05) is 6.07 Å². The van der Waals surface area contributed by atoms with E-state index in [1.165, 1.54) is 18.1 Å². The summed E-state index contributed by atoms with van der Waals surface area (Å²) in [5.74, 6) is 0. The van der Waals surface area contributed by atoms with Crippen molar-refractivity contribution < 1.29 is 0 Å². The molecular formula is C8H4BrIS2. The lowest BCUT2D eigenvalue weighted by molar-refractivity contribution is 1.48. The van der Waals surface area contributed by atoms with Crippen LogP contribution in [0.25, 0.3) is 10.1 Å². The Morgan fingerprint density at radius 1 is 1.42 bits per heavy atom. The summed E-state index contributed by atoms with van der Waals surface area (Å²) in [5, 5.41) is 3.39. The van der Waals surface area contributed by atoms with E-state index in [1.54, 1.807) is 11.3 Å². The smallest absolute Gasteiger partial charge is 0.0499 e. The molecule has 0 aliphatic carbocycles. The molecule has 2 aromatic rings. The molecule has 4 heteroatoms. The molecule has 12 heavy (non-hydrogen) atoms. The maximum atomic E-state index is 4.37. The van der Waals surface area contributed by atoms with E-state index in [2.05, 4.69) is 62.6 Å². The van der Waals surface area contributed by atoms with Gasteiger partial charge < -0.3 is 0 Å². The summed E-state index contributed by atoms with van der Waals surface area (Å²) >= 11 is 12.0. The predicted molar refractivity (Wildman–Crippen MR) is 69.5 cm³/mol. The second-order valence-electron chi connectivity index (χ2n) is 2.36. The van der Waals surface area contributed by atoms with Gasteiger partial charge in [0.2, 0.25) is 0 Å². The molecule has 1 aromatic heterocycles. The zero-order chi connectivity index (χ0) is 8.72. The van der Waals surface area contributed by atoms with Crippen LogP contribution in [0.15, 0.2) is 26.9 Å². The van der Waals surface area contributed by atoms with E-state index in [4.69, 9.17) is 0 Å². The topological polar surface area (TPSA) is 0 Å². The number of benzene rings is 1. The highest BCUT2D eigenvalue weighted by molar-refractivity contribution is 14.1. The standard InChI is InChI=1S/C8H4BrIS2/c9-5-3-12-8-4(5)1-2-6(11)7(8)10/h1-3,11H. The lowest BCUT2D eigenvalue weighted by Gasteiger charge is -1.97. The monoisotopic (exact) mass is 370 g/mol. The first-order valence-corrected chi connectivity index (χ1v) is 6.44. The Balaban J connectivity index is 2.93. The van der Waals surface area contributed by atoms with Gasteiger partial charge in [-0.2, -0.15) is 0 Å². The van der Waals surface area contributed by atoms with Gasteiger partial charge in [0.05, 0.1) is 0 Å². The van der Waals surface area contributed by atoms with Crippen LogP contribution < -0.4 is 0 Å². The van der Waals surface area contributed by atoms with Crippen molar-refractivity contribution in [1.29, 1.82) is 0 Å². The van der Waals surface area contributed by atoms with Crippen molar-refractivity contribution in [2.75, 3.05) is 0 Å². The molecule has 0 nitrogen and oxygen atoms in total. The van der Waals surface area contributed by atoms with E-state index in [0.29, 0.717) is 0 Å². The first-order valence-electron chi connectivity index (χ1n) is 3.24. The fourth-order valence-corrected chi connectivity index (χ4v) is 3.75. The first kappa shape index (κ1) is 9.30. The van der Waals surface area contributed by atoms with Crippen LogP contribution in [-0.2, 0) is 0 Å². The Morgan fingerprint density at radius 2 is 2.17 bits per heavy atom. The van der Waals surface area contributed by atoms with Gasteiger partial charge in [0.25, 0.3) is 0 Å². The number of thiophene rings is 1. The summed E-state index contributed by atoms with van der Waals surface area (Å²) in [7, 11) is 0. The number of hydrogen-bond donors (Lipinski definition) is 1. The third-order valence-corrected chi connectivity index (χ3v) is 5.87. The quantitative estimate of drug-likeness (QED) is 0.510. The Kier molecular flexibility index (Phi) is 2.69. The molecule has 0 aliphatic heterocycles. The SMILES string of the molecule is Sc1ccc2c(Br)csc2c1I. The molecule has 0 saturated heterocycles. The van der Waals surface area contributed by atoms with Gasteiger partial charge in [-0.3, -0.25) is 0 Å². The lowest BCUT2D eigenvalue weighted by atomic mass is 10.3. The largest absolute Gasteiger partial charge is 0.142 e. The summed E-state index contributed by atoms with van der Waals surface area (Å²) in [6.07, 6.45) is 0. The number of thiol groups is 1. The van der Waals surface area contributed by atoms with Crippen LogP contribution in [0.5, 0.6) is 0 Å². The van der Waals surface area contributed by atoms with Gasteiger partial charge in [-0.1, -0.05) is 6.07 Å². The van der Waals surface area contributed by atoms with Crippen LogP contribution in [0, 0.1) is 3.57 Å². The van der Waals surface area contributed by atoms with Crippen LogP contribution >= 0.6 is 62.5 Å². The summed E-state index contributed by atoms with van der Waals surface area (Å²) < 4.78 is 3.73. The molecular weight excluding hydrogens is 367 g/mol. The van der Waals surface area contributed by atoms with Gasteiger partial charge >= 0.3 is 0 Å². The zero-order valence-electron chi connectivity index (χ0n) is 5.84. The van der Waals surface area contributed by atoms with Gasteiger partial charge in [-0.15, -0.1) is 24.0 Å². The molecule has 0 spiro atoms. The Morgan fingerprint density at radius 3 is 2.92 bits per heavy atom. The van der Waals surface area contributed by atoms with E-state index >= 15 is 0 Å². The average molecular weight is 371 g/mol. The van der Waals surface area contributed by atoms with E-state index in [0.717, 1.165) is 4.90 Å². The molecule has 0 fully saturated rings. The molecule has 0 atom stereocenters. The van der Waals surface area contributed by atoms with Crippen LogP contribution in [0.3, 0.4) is 0 Å². The van der Waals surface area contributed by atoms with Crippen LogP contribution in [0.2, 0.25) is 0 Å². The first-order chi connectivity index (χ1) is 5.70. The summed E-state index contributed by atoms with van der Waals surface area (Å²) in [5.41, 5.74) is 0. The second-order valence-corrected chi connectivity index (χ2v) is 5.65. The Labute approximate surface area is 102 Å². The highest BCUT2D eigenvalue weighted by Gasteiger charge is 2.06. The van der Waals surface area contributed by atoms with Crippen LogP contribution in [0.1, 0.15) is 0 Å². The minimum atomic E-state index is 1.05. The van der Waals surface area contributed by atoms with Gasteiger partial charge in [0.15, 0.2) is 0 Å². The van der Waals surface area contributed by atoms with Crippen molar-refractivity contribution in [3.63, 3.8) is 0 Å². The summed E-state index contributed by atoms with van der Waals surface area (Å²) in [4.78, 5) is 1.05. The normalized spacial score (nSPS) is 10.9. The minimum Gasteiger partial charge on any atom is -0.142 e. The minimum absolute atomic E-state index is 1.05. The number of hydrogen-bond acceptors (Lipinski definition) is 2. The van der Waals surface area contributed by atoms with Crippen LogP contribution in [-0.4, -0.2) is 0 Å². The van der Waals surface area contributed by atoms with Gasteiger partial charge in [-0.25, -0.2) is 0 Å². The molecule has 0 bridgehead atoms. The molecule has 0 unspecified atom stereocenters. The highest BCUT2D eigenvalue weighted by atomic mass is 127. The van der Waals surface area contributed by atoms with Gasteiger partial charge in [0.1, 0.15) is 0 Å². The summed E-state index contributed by atoms with van der Waals surface area (Å²) in [6, 6.07) is 4.13. The Hall–Kier alpha value is 0.740. The molecule has 0 radical (unpaired) electrons.